The van der Waals surface area contributed by atoms with Gasteiger partial charge in [0.25, 0.3) is 11.7 Å². The van der Waals surface area contributed by atoms with E-state index in [0.717, 1.165) is 16.9 Å². The van der Waals surface area contributed by atoms with E-state index in [4.69, 9.17) is 20.2 Å². The molecule has 2 heterocycles. The maximum Gasteiger partial charge on any atom is 0.343 e. The van der Waals surface area contributed by atoms with Gasteiger partial charge in [0.2, 0.25) is 5.88 Å². The van der Waals surface area contributed by atoms with Gasteiger partial charge >= 0.3 is 5.97 Å². The molecule has 0 saturated heterocycles. The predicted molar refractivity (Wildman–Crippen MR) is 140 cm³/mol. The van der Waals surface area contributed by atoms with Crippen molar-refractivity contribution in [3.8, 4) is 5.88 Å². The summed E-state index contributed by atoms with van der Waals surface area (Å²) < 4.78 is 12.4. The lowest BCUT2D eigenvalue weighted by atomic mass is 9.98. The van der Waals surface area contributed by atoms with E-state index in [1.165, 1.54) is 18.9 Å². The van der Waals surface area contributed by atoms with Crippen molar-refractivity contribution in [2.45, 2.75) is 43.3 Å². The Hall–Kier alpha value is -3.92. The third-order valence-electron chi connectivity index (χ3n) is 5.98. The van der Waals surface area contributed by atoms with E-state index in [-0.39, 0.29) is 16.8 Å². The van der Waals surface area contributed by atoms with E-state index in [9.17, 15) is 14.4 Å². The van der Waals surface area contributed by atoms with E-state index in [2.05, 4.69) is 30.1 Å². The quantitative estimate of drug-likeness (QED) is 0.185. The van der Waals surface area contributed by atoms with Crippen LogP contribution < -0.4 is 10.5 Å². The first-order valence-electron chi connectivity index (χ1n) is 11.9. The summed E-state index contributed by atoms with van der Waals surface area (Å²) in [6.07, 6.45) is 7.68. The zero-order valence-electron chi connectivity index (χ0n) is 20.9. The van der Waals surface area contributed by atoms with Gasteiger partial charge in [-0.25, -0.2) is 9.78 Å². The van der Waals surface area contributed by atoms with Gasteiger partial charge in [0.05, 0.1) is 18.1 Å². The number of hydrogen-bond donors (Lipinski definition) is 1. The molecule has 2 aromatic heterocycles. The summed E-state index contributed by atoms with van der Waals surface area (Å²) in [7, 11) is 1.25. The molecule has 4 rings (SSSR count). The van der Waals surface area contributed by atoms with Gasteiger partial charge in [-0.2, -0.15) is 4.98 Å². The number of carbonyl (C=O) groups excluding carboxylic acids is 3. The fourth-order valence-corrected chi connectivity index (χ4v) is 4.90. The van der Waals surface area contributed by atoms with Gasteiger partial charge in [-0.1, -0.05) is 50.3 Å². The molecular weight excluding hydrogens is 492 g/mol. The largest absolute Gasteiger partial charge is 0.466 e. The number of allylic oxidation sites excluding steroid dienone is 4. The molecular formula is C27H28N4O5S. The van der Waals surface area contributed by atoms with Gasteiger partial charge < -0.3 is 19.8 Å². The molecule has 1 aromatic carbocycles. The van der Waals surface area contributed by atoms with Crippen LogP contribution >= 0.6 is 11.8 Å². The lowest BCUT2D eigenvalue weighted by Gasteiger charge is -2.15. The number of amides is 1. The molecule has 0 saturated carbocycles. The lowest BCUT2D eigenvalue weighted by Crippen LogP contribution is -2.24. The standard InChI is InChI=1S/C27H28N4O5S/c1-4-19-21(23(33)24(28)34)22-25(31(19)14-17-12-10-16(2)11-13-17)29-27(37-18-8-6-5-7-9-18)30-26(22)36-15-20(32)35-3/h5-10,12-13,16H,4,11,14-15H2,1-3H3,(H2,28,34). The molecule has 3 aromatic rings. The van der Waals surface area contributed by atoms with E-state index in [0.29, 0.717) is 35.4 Å². The number of benzene rings is 1. The van der Waals surface area contributed by atoms with Crippen LogP contribution in [0.25, 0.3) is 11.0 Å². The van der Waals surface area contributed by atoms with Crippen LogP contribution in [-0.2, 0) is 27.3 Å². The molecule has 0 fully saturated rings. The second kappa shape index (κ2) is 11.4. The van der Waals surface area contributed by atoms with Crippen LogP contribution in [0.15, 0.2) is 64.2 Å². The van der Waals surface area contributed by atoms with Gasteiger partial charge in [-0.15, -0.1) is 0 Å². The van der Waals surface area contributed by atoms with E-state index in [1.807, 2.05) is 41.8 Å². The Bertz CT molecular complexity index is 1410. The number of carbonyl (C=O) groups is 3. The highest BCUT2D eigenvalue weighted by atomic mass is 32.2. The Morgan fingerprint density at radius 3 is 2.57 bits per heavy atom. The molecule has 0 aliphatic heterocycles. The average molecular weight is 521 g/mol. The van der Waals surface area contributed by atoms with E-state index >= 15 is 0 Å². The van der Waals surface area contributed by atoms with Crippen LogP contribution in [0.3, 0.4) is 0 Å². The van der Waals surface area contributed by atoms with Gasteiger partial charge in [-0.3, -0.25) is 9.59 Å². The third-order valence-corrected chi connectivity index (χ3v) is 6.85. The van der Waals surface area contributed by atoms with Crippen molar-refractivity contribution in [2.75, 3.05) is 13.7 Å². The highest BCUT2D eigenvalue weighted by molar-refractivity contribution is 7.99. The number of methoxy groups -OCH3 is 1. The second-order valence-corrected chi connectivity index (χ2v) is 9.64. The maximum absolute atomic E-state index is 13.1. The number of primary amides is 1. The van der Waals surface area contributed by atoms with Crippen molar-refractivity contribution < 1.29 is 23.9 Å². The fourth-order valence-electron chi connectivity index (χ4n) is 4.14. The number of nitrogens with zero attached hydrogens (tertiary/aromatic N) is 3. The smallest absolute Gasteiger partial charge is 0.343 e. The van der Waals surface area contributed by atoms with Crippen LogP contribution in [0.5, 0.6) is 5.88 Å². The number of Topliss-reactive ketones (excluding diaryl/α,β-unsaturated/α-hetero) is 1. The van der Waals surface area contributed by atoms with Crippen LogP contribution in [0.2, 0.25) is 0 Å². The van der Waals surface area contributed by atoms with Crippen LogP contribution in [0, 0.1) is 5.92 Å². The van der Waals surface area contributed by atoms with E-state index < -0.39 is 24.3 Å². The highest BCUT2D eigenvalue weighted by Crippen LogP contribution is 2.36. The second-order valence-electron chi connectivity index (χ2n) is 8.60. The van der Waals surface area contributed by atoms with Gasteiger partial charge in [0, 0.05) is 17.1 Å². The van der Waals surface area contributed by atoms with Crippen LogP contribution in [0.4, 0.5) is 0 Å². The molecule has 0 bridgehead atoms. The summed E-state index contributed by atoms with van der Waals surface area (Å²) >= 11 is 1.31. The molecule has 1 aliphatic rings. The molecule has 1 aliphatic carbocycles. The maximum atomic E-state index is 13.1. The van der Waals surface area contributed by atoms with Crippen LogP contribution in [-0.4, -0.2) is 45.9 Å². The first kappa shape index (κ1) is 26.2. The fraction of sp³-hybridized carbons (Fsp3) is 0.296. The average Bonchev–Trinajstić information content (AvgIpc) is 3.21. The minimum atomic E-state index is -1.10. The number of aromatic nitrogens is 3. The van der Waals surface area contributed by atoms with Crippen molar-refractivity contribution in [1.29, 1.82) is 0 Å². The minimum absolute atomic E-state index is 0.00803. The molecule has 1 unspecified atom stereocenters. The van der Waals surface area contributed by atoms with Crippen molar-refractivity contribution in [1.82, 2.24) is 14.5 Å². The summed E-state index contributed by atoms with van der Waals surface area (Å²) in [5.74, 6) is -2.13. The number of nitrogens with two attached hydrogens (primary N) is 1. The normalized spacial score (nSPS) is 14.9. The van der Waals surface area contributed by atoms with Crippen molar-refractivity contribution in [3.63, 3.8) is 0 Å². The summed E-state index contributed by atoms with van der Waals surface area (Å²) in [4.78, 5) is 47.2. The molecule has 0 spiro atoms. The zero-order chi connectivity index (χ0) is 26.5. The molecule has 1 atom stereocenters. The Morgan fingerprint density at radius 2 is 1.95 bits per heavy atom. The number of hydrogen-bond acceptors (Lipinski definition) is 8. The zero-order valence-corrected chi connectivity index (χ0v) is 21.7. The first-order chi connectivity index (χ1) is 17.8. The summed E-state index contributed by atoms with van der Waals surface area (Å²) in [6, 6.07) is 9.56. The van der Waals surface area contributed by atoms with Gasteiger partial charge in [0.1, 0.15) is 5.65 Å². The van der Waals surface area contributed by atoms with E-state index in [1.54, 1.807) is 0 Å². The Kier molecular flexibility index (Phi) is 8.08. The van der Waals surface area contributed by atoms with Crippen molar-refractivity contribution >= 4 is 40.5 Å². The predicted octanol–water partition coefficient (Wildman–Crippen LogP) is 3.89. The van der Waals surface area contributed by atoms with Crippen LogP contribution in [0.1, 0.15) is 36.3 Å². The summed E-state index contributed by atoms with van der Waals surface area (Å²) in [5, 5.41) is 0.607. The number of ketones is 1. The topological polar surface area (TPSA) is 126 Å². The number of fused-ring (bicyclic) bond motifs is 1. The third kappa shape index (κ3) is 5.75. The molecule has 192 valence electrons. The SMILES string of the molecule is CCc1c(C(=O)C(N)=O)c2c(OCC(=O)OC)nc(Sc3ccccc3)nc2n1CC1=CCC(C)C=C1. The first-order valence-corrected chi connectivity index (χ1v) is 12.7. The highest BCUT2D eigenvalue weighted by Gasteiger charge is 2.30. The monoisotopic (exact) mass is 520 g/mol. The lowest BCUT2D eigenvalue weighted by molar-refractivity contribution is -0.143. The minimum Gasteiger partial charge on any atom is -0.466 e. The Morgan fingerprint density at radius 1 is 1.19 bits per heavy atom. The molecule has 1 amide bonds. The number of ether oxygens (including phenoxy) is 2. The van der Waals surface area contributed by atoms with Gasteiger partial charge in [-0.05, 0) is 48.2 Å². The Labute approximate surface area is 218 Å². The van der Waals surface area contributed by atoms with Crippen molar-refractivity contribution in [2.24, 2.45) is 11.7 Å². The Balaban J connectivity index is 1.95. The van der Waals surface area contributed by atoms with Crippen molar-refractivity contribution in [3.05, 3.63) is 65.4 Å². The number of rotatable bonds is 10. The summed E-state index contributed by atoms with van der Waals surface area (Å²) in [5.41, 5.74) is 7.59. The van der Waals surface area contributed by atoms with Gasteiger partial charge in [0.15, 0.2) is 11.8 Å². The molecule has 2 N–H and O–H groups in total. The molecule has 9 nitrogen and oxygen atoms in total. The molecule has 10 heteroatoms. The molecule has 0 radical (unpaired) electrons. The molecule has 37 heavy (non-hydrogen) atoms. The number of esters is 1. The summed E-state index contributed by atoms with van der Waals surface area (Å²) in [6.45, 7) is 4.03.